The predicted molar refractivity (Wildman–Crippen MR) is 111 cm³/mol. The highest BCUT2D eigenvalue weighted by atomic mass is 16.2. The number of rotatable bonds is 5. The topological polar surface area (TPSA) is 46.9 Å². The molecule has 27 heavy (non-hydrogen) atoms. The summed E-state index contributed by atoms with van der Waals surface area (Å²) in [6, 6.07) is 18.0. The van der Waals surface area contributed by atoms with E-state index < -0.39 is 0 Å². The van der Waals surface area contributed by atoms with Gasteiger partial charge in [-0.2, -0.15) is 0 Å². The van der Waals surface area contributed by atoms with Crippen LogP contribution in [0.15, 0.2) is 60.8 Å². The van der Waals surface area contributed by atoms with Gasteiger partial charge < -0.3 is 9.88 Å². The van der Waals surface area contributed by atoms with E-state index in [0.29, 0.717) is 0 Å². The van der Waals surface area contributed by atoms with Gasteiger partial charge in [0.25, 0.3) is 5.91 Å². The van der Waals surface area contributed by atoms with Gasteiger partial charge in [0.15, 0.2) is 0 Å². The Hall–Kier alpha value is -3.14. The zero-order chi connectivity index (χ0) is 18.8. The van der Waals surface area contributed by atoms with Crippen molar-refractivity contribution in [2.24, 2.45) is 0 Å². The van der Waals surface area contributed by atoms with E-state index in [-0.39, 0.29) is 5.91 Å². The second kappa shape index (κ2) is 7.23. The van der Waals surface area contributed by atoms with Crippen LogP contribution in [0.4, 0.5) is 5.69 Å². The maximum Gasteiger partial charge on any atom is 0.272 e. The van der Waals surface area contributed by atoms with E-state index in [2.05, 4.69) is 33.9 Å². The van der Waals surface area contributed by atoms with Crippen molar-refractivity contribution in [2.75, 3.05) is 5.32 Å². The van der Waals surface area contributed by atoms with Crippen molar-refractivity contribution >= 4 is 33.4 Å². The summed E-state index contributed by atoms with van der Waals surface area (Å²) in [5.74, 6) is -0.0852. The molecule has 2 aromatic heterocycles. The molecule has 0 aliphatic rings. The molecule has 136 valence electrons. The quantitative estimate of drug-likeness (QED) is 0.509. The fourth-order valence-corrected chi connectivity index (χ4v) is 3.70. The number of benzene rings is 2. The number of amides is 1. The van der Waals surface area contributed by atoms with Gasteiger partial charge in [-0.1, -0.05) is 49.7 Å². The van der Waals surface area contributed by atoms with Crippen molar-refractivity contribution in [1.29, 1.82) is 0 Å². The van der Waals surface area contributed by atoms with Gasteiger partial charge in [0.05, 0.1) is 11.2 Å². The Kier molecular flexibility index (Phi) is 4.63. The third-order valence-corrected chi connectivity index (χ3v) is 5.06. The largest absolute Gasteiger partial charge is 0.336 e. The summed E-state index contributed by atoms with van der Waals surface area (Å²) in [6.45, 7) is 5.03. The number of nitrogens with one attached hydrogen (secondary N) is 1. The van der Waals surface area contributed by atoms with Crippen molar-refractivity contribution in [1.82, 2.24) is 9.55 Å². The number of aryl methyl sites for hydroxylation is 2. The number of hydrogen-bond acceptors (Lipinski definition) is 2. The Morgan fingerprint density at radius 2 is 1.89 bits per heavy atom. The first-order chi connectivity index (χ1) is 13.2. The molecule has 0 unspecified atom stereocenters. The van der Waals surface area contributed by atoms with Gasteiger partial charge in [-0.05, 0) is 37.1 Å². The van der Waals surface area contributed by atoms with Crippen molar-refractivity contribution in [3.63, 3.8) is 0 Å². The smallest absolute Gasteiger partial charge is 0.272 e. The molecule has 2 aromatic carbocycles. The molecule has 0 spiro atoms. The standard InChI is InChI=1S/C23H23N3O/c1-3-4-15-26-20-13-6-5-11-18(20)16(2)22(26)23(27)25-19-12-7-9-17-10-8-14-24-21(17)19/h5-14H,3-4,15H2,1-2H3,(H,25,27). The van der Waals surface area contributed by atoms with Crippen LogP contribution in [0.1, 0.15) is 35.8 Å². The second-order valence-corrected chi connectivity index (χ2v) is 6.83. The SMILES string of the molecule is CCCCn1c(C(=O)Nc2cccc3cccnc23)c(C)c2ccccc21. The lowest BCUT2D eigenvalue weighted by Crippen LogP contribution is -2.18. The summed E-state index contributed by atoms with van der Waals surface area (Å²) in [5.41, 5.74) is 4.42. The van der Waals surface area contributed by atoms with Crippen LogP contribution in [-0.2, 0) is 6.54 Å². The van der Waals surface area contributed by atoms with Crippen molar-refractivity contribution in [2.45, 2.75) is 33.2 Å². The Bertz CT molecular complexity index is 1120. The van der Waals surface area contributed by atoms with Crippen molar-refractivity contribution in [3.8, 4) is 0 Å². The number of carbonyl (C=O) groups excluding carboxylic acids is 1. The number of nitrogens with zero attached hydrogens (tertiary/aromatic N) is 2. The number of fused-ring (bicyclic) bond motifs is 2. The zero-order valence-electron chi connectivity index (χ0n) is 15.7. The lowest BCUT2D eigenvalue weighted by Gasteiger charge is -2.12. The molecule has 0 fully saturated rings. The molecule has 0 saturated carbocycles. The van der Waals surface area contributed by atoms with E-state index in [1.807, 2.05) is 49.4 Å². The Morgan fingerprint density at radius 1 is 1.07 bits per heavy atom. The third kappa shape index (κ3) is 3.08. The molecule has 0 atom stereocenters. The summed E-state index contributed by atoms with van der Waals surface area (Å²) in [5, 5.41) is 5.24. The molecule has 4 aromatic rings. The third-order valence-electron chi connectivity index (χ3n) is 5.06. The average Bonchev–Trinajstić information content (AvgIpc) is 2.99. The highest BCUT2D eigenvalue weighted by Crippen LogP contribution is 2.28. The maximum absolute atomic E-state index is 13.3. The predicted octanol–water partition coefficient (Wildman–Crippen LogP) is 5.55. The summed E-state index contributed by atoms with van der Waals surface area (Å²) < 4.78 is 2.15. The first-order valence-corrected chi connectivity index (χ1v) is 9.43. The van der Waals surface area contributed by atoms with Gasteiger partial charge in [0.1, 0.15) is 5.69 Å². The molecular formula is C23H23N3O. The molecule has 4 rings (SSSR count). The molecule has 1 amide bonds. The number of hydrogen-bond donors (Lipinski definition) is 1. The van der Waals surface area contributed by atoms with E-state index >= 15 is 0 Å². The number of carbonyl (C=O) groups is 1. The normalized spacial score (nSPS) is 11.2. The molecule has 4 nitrogen and oxygen atoms in total. The van der Waals surface area contributed by atoms with Gasteiger partial charge in [-0.25, -0.2) is 0 Å². The van der Waals surface area contributed by atoms with Crippen LogP contribution in [-0.4, -0.2) is 15.5 Å². The van der Waals surface area contributed by atoms with Gasteiger partial charge in [0.2, 0.25) is 0 Å². The van der Waals surface area contributed by atoms with Gasteiger partial charge >= 0.3 is 0 Å². The summed E-state index contributed by atoms with van der Waals surface area (Å²) in [6.07, 6.45) is 3.87. The molecule has 1 N–H and O–H groups in total. The first kappa shape index (κ1) is 17.3. The van der Waals surface area contributed by atoms with E-state index in [1.165, 1.54) is 0 Å². The lowest BCUT2D eigenvalue weighted by atomic mass is 10.1. The van der Waals surface area contributed by atoms with E-state index in [0.717, 1.165) is 58.1 Å². The first-order valence-electron chi connectivity index (χ1n) is 9.43. The van der Waals surface area contributed by atoms with Crippen molar-refractivity contribution in [3.05, 3.63) is 72.1 Å². The second-order valence-electron chi connectivity index (χ2n) is 6.83. The number of para-hydroxylation sites is 2. The van der Waals surface area contributed by atoms with Crippen LogP contribution in [0.5, 0.6) is 0 Å². The van der Waals surface area contributed by atoms with Crippen LogP contribution < -0.4 is 5.32 Å². The van der Waals surface area contributed by atoms with E-state index in [4.69, 9.17) is 0 Å². The molecule has 0 aliphatic carbocycles. The van der Waals surface area contributed by atoms with E-state index in [1.54, 1.807) is 6.20 Å². The Labute approximate surface area is 158 Å². The van der Waals surface area contributed by atoms with Crippen LogP contribution in [0.2, 0.25) is 0 Å². The Balaban J connectivity index is 1.79. The fourth-order valence-electron chi connectivity index (χ4n) is 3.70. The molecule has 4 heteroatoms. The number of unbranched alkanes of at least 4 members (excludes halogenated alkanes) is 1. The van der Waals surface area contributed by atoms with Crippen LogP contribution in [0, 0.1) is 6.92 Å². The minimum Gasteiger partial charge on any atom is -0.336 e. The van der Waals surface area contributed by atoms with Gasteiger partial charge in [-0.15, -0.1) is 0 Å². The number of anilines is 1. The van der Waals surface area contributed by atoms with Crippen LogP contribution in [0.3, 0.4) is 0 Å². The van der Waals surface area contributed by atoms with Crippen molar-refractivity contribution < 1.29 is 4.79 Å². The van der Waals surface area contributed by atoms with Gasteiger partial charge in [-0.3, -0.25) is 9.78 Å². The monoisotopic (exact) mass is 357 g/mol. The van der Waals surface area contributed by atoms with Gasteiger partial charge in [0, 0.05) is 29.0 Å². The molecular weight excluding hydrogens is 334 g/mol. The summed E-state index contributed by atoms with van der Waals surface area (Å²) >= 11 is 0. The molecule has 0 aliphatic heterocycles. The minimum absolute atomic E-state index is 0.0852. The number of aromatic nitrogens is 2. The zero-order valence-corrected chi connectivity index (χ0v) is 15.7. The van der Waals surface area contributed by atoms with E-state index in [9.17, 15) is 4.79 Å². The Morgan fingerprint density at radius 3 is 2.74 bits per heavy atom. The molecule has 0 bridgehead atoms. The summed E-state index contributed by atoms with van der Waals surface area (Å²) in [7, 11) is 0. The van der Waals surface area contributed by atoms with Crippen LogP contribution in [0.25, 0.3) is 21.8 Å². The molecule has 2 heterocycles. The fraction of sp³-hybridized carbons (Fsp3) is 0.217. The lowest BCUT2D eigenvalue weighted by molar-refractivity contribution is 0.101. The highest BCUT2D eigenvalue weighted by Gasteiger charge is 2.20. The maximum atomic E-state index is 13.3. The molecule has 0 saturated heterocycles. The highest BCUT2D eigenvalue weighted by molar-refractivity contribution is 6.11. The average molecular weight is 357 g/mol. The molecule has 0 radical (unpaired) electrons. The minimum atomic E-state index is -0.0852. The summed E-state index contributed by atoms with van der Waals surface area (Å²) in [4.78, 5) is 17.7. The van der Waals surface area contributed by atoms with Crippen LogP contribution >= 0.6 is 0 Å². The number of pyridine rings is 1.